The van der Waals surface area contributed by atoms with Crippen LogP contribution in [0.2, 0.25) is 0 Å². The molecule has 0 saturated heterocycles. The first kappa shape index (κ1) is 11.3. The van der Waals surface area contributed by atoms with E-state index in [1.807, 2.05) is 6.92 Å². The lowest BCUT2D eigenvalue weighted by atomic mass is 10.2. The van der Waals surface area contributed by atoms with E-state index in [0.717, 1.165) is 11.3 Å². The Bertz CT molecular complexity index is 554. The molecule has 1 heterocycles. The summed E-state index contributed by atoms with van der Waals surface area (Å²) in [4.78, 5) is 7.96. The van der Waals surface area contributed by atoms with Gasteiger partial charge in [-0.25, -0.2) is 9.37 Å². The fourth-order valence-electron chi connectivity index (χ4n) is 1.44. The first-order chi connectivity index (χ1) is 8.06. The number of nitrogens with one attached hydrogen (secondary N) is 1. The largest absolute Gasteiger partial charge is 0.368 e. The number of nitrogens with two attached hydrogens (primary N) is 1. The maximum absolute atomic E-state index is 13.1. The third kappa shape index (κ3) is 2.50. The highest BCUT2D eigenvalue weighted by Crippen LogP contribution is 2.20. The van der Waals surface area contributed by atoms with E-state index in [9.17, 15) is 4.39 Å². The number of nitrogen functional groups attached to an aromatic ring is 1. The molecule has 0 atom stereocenters. The van der Waals surface area contributed by atoms with Gasteiger partial charge in [-0.3, -0.25) is 0 Å². The van der Waals surface area contributed by atoms with E-state index in [-0.39, 0.29) is 11.8 Å². The van der Waals surface area contributed by atoms with Crippen molar-refractivity contribution < 1.29 is 4.39 Å². The molecule has 2 rings (SSSR count). The number of aromatic nitrogens is 2. The van der Waals surface area contributed by atoms with Crippen molar-refractivity contribution in [3.63, 3.8) is 0 Å². The summed E-state index contributed by atoms with van der Waals surface area (Å²) in [5.41, 5.74) is 7.74. The molecule has 0 bridgehead atoms. The van der Waals surface area contributed by atoms with Crippen molar-refractivity contribution in [2.45, 2.75) is 13.8 Å². The van der Waals surface area contributed by atoms with E-state index in [1.165, 1.54) is 6.07 Å². The number of anilines is 3. The molecule has 0 aliphatic heterocycles. The monoisotopic (exact) mass is 232 g/mol. The molecule has 1 aromatic heterocycles. The summed E-state index contributed by atoms with van der Waals surface area (Å²) in [6.07, 6.45) is 1.64. The van der Waals surface area contributed by atoms with Gasteiger partial charge >= 0.3 is 0 Å². The van der Waals surface area contributed by atoms with Gasteiger partial charge in [0.1, 0.15) is 11.6 Å². The lowest BCUT2D eigenvalue weighted by Gasteiger charge is -2.09. The number of nitrogens with zero attached hydrogens (tertiary/aromatic N) is 2. The molecule has 0 radical (unpaired) electrons. The van der Waals surface area contributed by atoms with Crippen molar-refractivity contribution in [2.75, 3.05) is 11.1 Å². The maximum atomic E-state index is 13.1. The van der Waals surface area contributed by atoms with E-state index in [2.05, 4.69) is 15.3 Å². The minimum Gasteiger partial charge on any atom is -0.368 e. The number of halogens is 1. The van der Waals surface area contributed by atoms with Crippen LogP contribution in [0, 0.1) is 19.7 Å². The third-order valence-corrected chi connectivity index (χ3v) is 2.41. The van der Waals surface area contributed by atoms with Gasteiger partial charge in [0.15, 0.2) is 0 Å². The van der Waals surface area contributed by atoms with Crippen LogP contribution in [-0.2, 0) is 0 Å². The van der Waals surface area contributed by atoms with Crippen LogP contribution >= 0.6 is 0 Å². The Morgan fingerprint density at radius 2 is 2.00 bits per heavy atom. The Labute approximate surface area is 98.7 Å². The standard InChI is InChI=1S/C12H13FN4/c1-7-5-9(3-4-10(7)13)16-11-8(2)6-15-12(14)17-11/h3-6H,1-2H3,(H3,14,15,16,17). The third-order valence-electron chi connectivity index (χ3n) is 2.41. The molecular weight excluding hydrogens is 219 g/mol. The molecule has 0 fully saturated rings. The SMILES string of the molecule is Cc1cc(Nc2nc(N)ncc2C)ccc1F. The number of benzene rings is 1. The Balaban J connectivity index is 2.31. The second kappa shape index (κ2) is 4.37. The van der Waals surface area contributed by atoms with E-state index >= 15 is 0 Å². The zero-order valence-electron chi connectivity index (χ0n) is 9.66. The van der Waals surface area contributed by atoms with Gasteiger partial charge in [0.2, 0.25) is 5.95 Å². The minimum absolute atomic E-state index is 0.205. The molecule has 88 valence electrons. The Morgan fingerprint density at radius 1 is 1.24 bits per heavy atom. The molecule has 2 aromatic rings. The number of aryl methyl sites for hydroxylation is 2. The molecule has 4 nitrogen and oxygen atoms in total. The molecule has 0 spiro atoms. The second-order valence-electron chi connectivity index (χ2n) is 3.85. The first-order valence-electron chi connectivity index (χ1n) is 5.18. The lowest BCUT2D eigenvalue weighted by molar-refractivity contribution is 0.619. The van der Waals surface area contributed by atoms with Crippen LogP contribution in [0.4, 0.5) is 21.8 Å². The first-order valence-corrected chi connectivity index (χ1v) is 5.18. The summed E-state index contributed by atoms with van der Waals surface area (Å²) in [6, 6.07) is 4.78. The fraction of sp³-hybridized carbons (Fsp3) is 0.167. The summed E-state index contributed by atoms with van der Waals surface area (Å²) >= 11 is 0. The van der Waals surface area contributed by atoms with Gasteiger partial charge in [-0.05, 0) is 37.6 Å². The highest BCUT2D eigenvalue weighted by molar-refractivity contribution is 5.60. The van der Waals surface area contributed by atoms with Gasteiger partial charge in [0, 0.05) is 17.4 Å². The highest BCUT2D eigenvalue weighted by Gasteiger charge is 2.04. The molecule has 1 aromatic carbocycles. The van der Waals surface area contributed by atoms with Crippen LogP contribution in [0.1, 0.15) is 11.1 Å². The van der Waals surface area contributed by atoms with Crippen LogP contribution < -0.4 is 11.1 Å². The average molecular weight is 232 g/mol. The van der Waals surface area contributed by atoms with E-state index in [0.29, 0.717) is 11.4 Å². The normalized spacial score (nSPS) is 10.3. The van der Waals surface area contributed by atoms with Crippen molar-refractivity contribution >= 4 is 17.5 Å². The smallest absolute Gasteiger partial charge is 0.221 e. The topological polar surface area (TPSA) is 63.8 Å². The summed E-state index contributed by atoms with van der Waals surface area (Å²) in [5.74, 6) is 0.606. The molecule has 0 unspecified atom stereocenters. The predicted molar refractivity (Wildman–Crippen MR) is 65.6 cm³/mol. The average Bonchev–Trinajstić information content (AvgIpc) is 2.29. The van der Waals surface area contributed by atoms with Crippen LogP contribution in [0.25, 0.3) is 0 Å². The van der Waals surface area contributed by atoms with Crippen LogP contribution in [0.5, 0.6) is 0 Å². The molecule has 17 heavy (non-hydrogen) atoms. The molecule has 0 amide bonds. The summed E-state index contributed by atoms with van der Waals surface area (Å²) in [7, 11) is 0. The Hall–Kier alpha value is -2.17. The molecule has 0 saturated carbocycles. The zero-order chi connectivity index (χ0) is 12.4. The van der Waals surface area contributed by atoms with Gasteiger partial charge in [0.05, 0.1) is 0 Å². The van der Waals surface area contributed by atoms with Gasteiger partial charge < -0.3 is 11.1 Å². The van der Waals surface area contributed by atoms with Crippen molar-refractivity contribution in [2.24, 2.45) is 0 Å². The zero-order valence-corrected chi connectivity index (χ0v) is 9.66. The van der Waals surface area contributed by atoms with E-state index < -0.39 is 0 Å². The van der Waals surface area contributed by atoms with E-state index in [1.54, 1.807) is 25.3 Å². The summed E-state index contributed by atoms with van der Waals surface area (Å²) in [6.45, 7) is 3.58. The van der Waals surface area contributed by atoms with Crippen LogP contribution in [0.3, 0.4) is 0 Å². The van der Waals surface area contributed by atoms with Gasteiger partial charge in [-0.15, -0.1) is 0 Å². The summed E-state index contributed by atoms with van der Waals surface area (Å²) < 4.78 is 13.1. The van der Waals surface area contributed by atoms with Crippen LogP contribution in [-0.4, -0.2) is 9.97 Å². The van der Waals surface area contributed by atoms with Gasteiger partial charge in [-0.2, -0.15) is 4.98 Å². The van der Waals surface area contributed by atoms with E-state index in [4.69, 9.17) is 5.73 Å². The van der Waals surface area contributed by atoms with Crippen LogP contribution in [0.15, 0.2) is 24.4 Å². The number of hydrogen-bond donors (Lipinski definition) is 2. The molecular formula is C12H13FN4. The van der Waals surface area contributed by atoms with Crippen molar-refractivity contribution in [1.82, 2.24) is 9.97 Å². The minimum atomic E-state index is -0.227. The summed E-state index contributed by atoms with van der Waals surface area (Å²) in [5, 5.41) is 3.08. The van der Waals surface area contributed by atoms with Crippen molar-refractivity contribution in [3.8, 4) is 0 Å². The Kier molecular flexibility index (Phi) is 2.91. The molecule has 0 aliphatic carbocycles. The molecule has 0 aliphatic rings. The van der Waals surface area contributed by atoms with Gasteiger partial charge in [0.25, 0.3) is 0 Å². The molecule has 3 N–H and O–H groups in total. The lowest BCUT2D eigenvalue weighted by Crippen LogP contribution is -2.02. The van der Waals surface area contributed by atoms with Gasteiger partial charge in [-0.1, -0.05) is 0 Å². The molecule has 5 heteroatoms. The van der Waals surface area contributed by atoms with Crippen molar-refractivity contribution in [1.29, 1.82) is 0 Å². The maximum Gasteiger partial charge on any atom is 0.221 e. The van der Waals surface area contributed by atoms with Crippen molar-refractivity contribution in [3.05, 3.63) is 41.3 Å². The Morgan fingerprint density at radius 3 is 2.71 bits per heavy atom. The fourth-order valence-corrected chi connectivity index (χ4v) is 1.44. The quantitative estimate of drug-likeness (QED) is 0.835. The second-order valence-corrected chi connectivity index (χ2v) is 3.85. The number of hydrogen-bond acceptors (Lipinski definition) is 4. The predicted octanol–water partition coefficient (Wildman–Crippen LogP) is 2.56. The number of rotatable bonds is 2. The highest BCUT2D eigenvalue weighted by atomic mass is 19.1.